The number of methoxy groups -OCH3 is 1. The van der Waals surface area contributed by atoms with Gasteiger partial charge < -0.3 is 9.47 Å². The second-order valence-corrected chi connectivity index (χ2v) is 8.49. The van der Waals surface area contributed by atoms with E-state index < -0.39 is 11.5 Å². The van der Waals surface area contributed by atoms with Crippen molar-refractivity contribution < 1.29 is 18.7 Å². The fourth-order valence-electron chi connectivity index (χ4n) is 4.78. The number of nitrogens with zero attached hydrogens (tertiary/aromatic N) is 2. The van der Waals surface area contributed by atoms with Crippen LogP contribution in [-0.4, -0.2) is 43.2 Å². The maximum atomic E-state index is 15.8. The Bertz CT molecular complexity index is 987. The zero-order valence-corrected chi connectivity index (χ0v) is 19.0. The second-order valence-electron chi connectivity index (χ2n) is 8.49. The van der Waals surface area contributed by atoms with Gasteiger partial charge in [0.25, 0.3) is 0 Å². The fourth-order valence-corrected chi connectivity index (χ4v) is 4.78. The summed E-state index contributed by atoms with van der Waals surface area (Å²) in [4.78, 5) is 15.4. The number of Topliss-reactive ketones (excluding diaryl/α,β-unsaturated/α-hetero) is 1. The average Bonchev–Trinajstić information content (AvgIpc) is 3.02. The molecule has 0 radical (unpaired) electrons. The van der Waals surface area contributed by atoms with Gasteiger partial charge in [0.15, 0.2) is 23.8 Å². The first-order chi connectivity index (χ1) is 15.0. The number of rotatable bonds is 7. The number of ketones is 1. The number of likely N-dealkylation sites (tertiary alicyclic amines) is 1. The van der Waals surface area contributed by atoms with E-state index in [0.29, 0.717) is 22.6 Å². The van der Waals surface area contributed by atoms with Crippen molar-refractivity contribution in [2.45, 2.75) is 37.9 Å². The number of fused-ring (bicyclic) bond motifs is 1. The number of halogens is 2. The van der Waals surface area contributed by atoms with Crippen molar-refractivity contribution in [1.82, 2.24) is 4.90 Å². The molecule has 1 heterocycles. The van der Waals surface area contributed by atoms with Crippen LogP contribution in [0.1, 0.15) is 40.7 Å². The van der Waals surface area contributed by atoms with Gasteiger partial charge in [0.2, 0.25) is 5.78 Å². The van der Waals surface area contributed by atoms with Gasteiger partial charge in [-0.1, -0.05) is 30.3 Å². The van der Waals surface area contributed by atoms with E-state index in [-0.39, 0.29) is 37.8 Å². The molecule has 0 saturated carbocycles. The molecule has 1 fully saturated rings. The van der Waals surface area contributed by atoms with Gasteiger partial charge in [0.05, 0.1) is 7.11 Å². The molecule has 5 nitrogen and oxygen atoms in total. The van der Waals surface area contributed by atoms with Crippen molar-refractivity contribution in [3.05, 3.63) is 59.2 Å². The molecule has 0 aromatic heterocycles. The molecule has 2 aromatic carbocycles. The Balaban J connectivity index is 0.00000289. The number of benzene rings is 2. The molecule has 1 aliphatic heterocycles. The van der Waals surface area contributed by atoms with Gasteiger partial charge in [-0.05, 0) is 61.5 Å². The quantitative estimate of drug-likeness (QED) is 0.598. The summed E-state index contributed by atoms with van der Waals surface area (Å²) in [6, 6.07) is 15.5. The summed E-state index contributed by atoms with van der Waals surface area (Å²) >= 11 is 0. The molecular weight excluding hydrogens is 431 g/mol. The molecule has 1 saturated heterocycles. The van der Waals surface area contributed by atoms with E-state index in [2.05, 4.69) is 17.0 Å². The van der Waals surface area contributed by atoms with Gasteiger partial charge in [0.1, 0.15) is 6.07 Å². The first-order valence-corrected chi connectivity index (χ1v) is 10.7. The Morgan fingerprint density at radius 3 is 2.56 bits per heavy atom. The standard InChI is InChI=1S/C25H27FN2O3.ClH/c1-30-22-14-21-20(13-23(22)31-12-9-27)16-25(26,24(21)29)15-18-7-10-28(11-8-18)17-19-5-3-2-4-6-19;/h2-6,13-14,18H,7-8,10-12,15-17H2,1H3;1H. The minimum Gasteiger partial charge on any atom is -0.493 e. The topological polar surface area (TPSA) is 62.6 Å². The van der Waals surface area contributed by atoms with Crippen molar-refractivity contribution in [2.24, 2.45) is 5.92 Å². The van der Waals surface area contributed by atoms with E-state index in [1.54, 1.807) is 12.1 Å². The maximum Gasteiger partial charge on any atom is 0.200 e. The highest BCUT2D eigenvalue weighted by atomic mass is 35.5. The SMILES string of the molecule is COc1cc2c(cc1OCC#N)CC(F)(CC1CCN(Cc3ccccc3)CC1)C2=O.Cl. The summed E-state index contributed by atoms with van der Waals surface area (Å²) in [6.07, 6.45) is 2.08. The summed E-state index contributed by atoms with van der Waals surface area (Å²) in [5, 5.41) is 8.76. The van der Waals surface area contributed by atoms with Crippen LogP contribution in [0, 0.1) is 17.2 Å². The van der Waals surface area contributed by atoms with Crippen molar-refractivity contribution >= 4 is 18.2 Å². The zero-order valence-electron chi connectivity index (χ0n) is 18.2. The number of carbonyl (C=O) groups excluding carboxylic acids is 1. The molecule has 0 bridgehead atoms. The van der Waals surface area contributed by atoms with Crippen LogP contribution in [0.3, 0.4) is 0 Å². The number of nitriles is 1. The minimum atomic E-state index is -1.88. The molecule has 2 aromatic rings. The lowest BCUT2D eigenvalue weighted by atomic mass is 9.83. The van der Waals surface area contributed by atoms with Gasteiger partial charge in [0, 0.05) is 18.5 Å². The predicted molar refractivity (Wildman–Crippen MR) is 122 cm³/mol. The lowest BCUT2D eigenvalue weighted by Gasteiger charge is -2.34. The van der Waals surface area contributed by atoms with E-state index in [0.717, 1.165) is 32.5 Å². The van der Waals surface area contributed by atoms with E-state index in [1.165, 1.54) is 12.7 Å². The third kappa shape index (κ3) is 5.06. The third-order valence-corrected chi connectivity index (χ3v) is 6.37. The maximum absolute atomic E-state index is 15.8. The molecule has 1 unspecified atom stereocenters. The molecule has 0 amide bonds. The van der Waals surface area contributed by atoms with Crippen LogP contribution in [0.2, 0.25) is 0 Å². The first-order valence-electron chi connectivity index (χ1n) is 10.7. The highest BCUT2D eigenvalue weighted by Gasteiger charge is 2.48. The molecule has 170 valence electrons. The lowest BCUT2D eigenvalue weighted by molar-refractivity contribution is 0.0587. The van der Waals surface area contributed by atoms with Crippen LogP contribution in [0.5, 0.6) is 11.5 Å². The van der Waals surface area contributed by atoms with Crippen molar-refractivity contribution in [1.29, 1.82) is 5.26 Å². The van der Waals surface area contributed by atoms with Crippen LogP contribution in [0.25, 0.3) is 0 Å². The molecule has 2 aliphatic rings. The van der Waals surface area contributed by atoms with Gasteiger partial charge >= 0.3 is 0 Å². The van der Waals surface area contributed by atoms with Gasteiger partial charge in [-0.3, -0.25) is 9.69 Å². The number of ether oxygens (including phenoxy) is 2. The first kappa shape index (κ1) is 24.0. The number of hydrogen-bond donors (Lipinski definition) is 0. The summed E-state index contributed by atoms with van der Waals surface area (Å²) in [5.41, 5.74) is 0.397. The Morgan fingerprint density at radius 1 is 1.19 bits per heavy atom. The molecule has 1 aliphatic carbocycles. The number of hydrogen-bond acceptors (Lipinski definition) is 5. The van der Waals surface area contributed by atoms with Crippen LogP contribution >= 0.6 is 12.4 Å². The Kier molecular flexibility index (Phi) is 7.76. The van der Waals surface area contributed by atoms with E-state index in [1.807, 2.05) is 24.3 Å². The van der Waals surface area contributed by atoms with E-state index in [4.69, 9.17) is 14.7 Å². The predicted octanol–water partition coefficient (Wildman–Crippen LogP) is 4.77. The van der Waals surface area contributed by atoms with Crippen molar-refractivity contribution in [3.63, 3.8) is 0 Å². The number of piperidine rings is 1. The monoisotopic (exact) mass is 458 g/mol. The summed E-state index contributed by atoms with van der Waals surface area (Å²) < 4.78 is 26.5. The van der Waals surface area contributed by atoms with Gasteiger partial charge in [-0.25, -0.2) is 4.39 Å². The van der Waals surface area contributed by atoms with Crippen LogP contribution < -0.4 is 9.47 Å². The van der Waals surface area contributed by atoms with Crippen molar-refractivity contribution in [3.8, 4) is 17.6 Å². The summed E-state index contributed by atoms with van der Waals surface area (Å²) in [7, 11) is 1.46. The third-order valence-electron chi connectivity index (χ3n) is 6.37. The van der Waals surface area contributed by atoms with Gasteiger partial charge in [-0.15, -0.1) is 12.4 Å². The average molecular weight is 459 g/mol. The molecule has 0 spiro atoms. The van der Waals surface area contributed by atoms with E-state index >= 15 is 4.39 Å². The molecular formula is C25H28ClFN2O3. The van der Waals surface area contributed by atoms with Crippen molar-refractivity contribution in [2.75, 3.05) is 26.8 Å². The van der Waals surface area contributed by atoms with Gasteiger partial charge in [-0.2, -0.15) is 5.26 Å². The normalized spacial score (nSPS) is 20.8. The highest BCUT2D eigenvalue weighted by Crippen LogP contribution is 2.43. The largest absolute Gasteiger partial charge is 0.493 e. The second kappa shape index (κ2) is 10.3. The Labute approximate surface area is 194 Å². The molecule has 32 heavy (non-hydrogen) atoms. The van der Waals surface area contributed by atoms with Crippen LogP contribution in [-0.2, 0) is 13.0 Å². The highest BCUT2D eigenvalue weighted by molar-refractivity contribution is 6.07. The number of carbonyl (C=O) groups is 1. The lowest BCUT2D eigenvalue weighted by Crippen LogP contribution is -2.38. The number of alkyl halides is 1. The van der Waals surface area contributed by atoms with Crippen LogP contribution in [0.4, 0.5) is 4.39 Å². The molecule has 7 heteroatoms. The Hall–Kier alpha value is -2.62. The summed E-state index contributed by atoms with van der Waals surface area (Å²) in [5.74, 6) is 0.445. The minimum absolute atomic E-state index is 0. The smallest absolute Gasteiger partial charge is 0.200 e. The molecule has 4 rings (SSSR count). The fraction of sp³-hybridized carbons (Fsp3) is 0.440. The zero-order chi connectivity index (χ0) is 21.8. The summed E-state index contributed by atoms with van der Waals surface area (Å²) in [6.45, 7) is 2.60. The molecule has 1 atom stereocenters. The molecule has 0 N–H and O–H groups in total. The van der Waals surface area contributed by atoms with E-state index in [9.17, 15) is 4.79 Å². The Morgan fingerprint density at radius 2 is 1.91 bits per heavy atom. The van der Waals surface area contributed by atoms with Crippen LogP contribution in [0.15, 0.2) is 42.5 Å².